The van der Waals surface area contributed by atoms with Crippen molar-refractivity contribution >= 4 is 20.8 Å². The highest BCUT2D eigenvalue weighted by Crippen LogP contribution is 2.25. The summed E-state index contributed by atoms with van der Waals surface area (Å²) in [5.41, 5.74) is 2.73. The van der Waals surface area contributed by atoms with Crippen LogP contribution >= 0.6 is 0 Å². The molecule has 174 valence electrons. The highest BCUT2D eigenvalue weighted by atomic mass is 32.2. The lowest BCUT2D eigenvalue weighted by atomic mass is 10.0. The molecule has 1 aromatic heterocycles. The maximum atomic E-state index is 13.2. The average Bonchev–Trinajstić information content (AvgIpc) is 2.87. The summed E-state index contributed by atoms with van der Waals surface area (Å²) in [6, 6.07) is 24.1. The number of sulfonamides is 1. The summed E-state index contributed by atoms with van der Waals surface area (Å²) >= 11 is 0. The zero-order valence-corrected chi connectivity index (χ0v) is 19.8. The number of piperazine rings is 1. The molecule has 1 saturated heterocycles. The maximum Gasteiger partial charge on any atom is 0.275 e. The van der Waals surface area contributed by atoms with E-state index in [9.17, 15) is 13.2 Å². The second-order valence-electron chi connectivity index (χ2n) is 8.54. The number of hydrogen-bond acceptors (Lipinski definition) is 5. The standard InChI is InChI=1S/C26H26N4O3S/c1-20-11-13-21(14-12-20)25-23-9-5-6-10-24(23)26(31)30(27-25)19-28-15-17-29(18-16-28)34(32,33)22-7-3-2-4-8-22/h2-14H,15-19H2,1H3. The van der Waals surface area contributed by atoms with Crippen molar-refractivity contribution in [2.24, 2.45) is 0 Å². The Kier molecular flexibility index (Phi) is 6.03. The molecule has 8 heteroatoms. The van der Waals surface area contributed by atoms with Crippen molar-refractivity contribution in [2.75, 3.05) is 26.2 Å². The lowest BCUT2D eigenvalue weighted by Gasteiger charge is -2.33. The summed E-state index contributed by atoms with van der Waals surface area (Å²) in [6.07, 6.45) is 0. The smallest absolute Gasteiger partial charge is 0.275 e. The SMILES string of the molecule is Cc1ccc(-c2nn(CN3CCN(S(=O)(=O)c4ccccc4)CC3)c(=O)c3ccccc23)cc1. The van der Waals surface area contributed by atoms with Crippen LogP contribution in [-0.4, -0.2) is 53.6 Å². The fourth-order valence-electron chi connectivity index (χ4n) is 4.30. The van der Waals surface area contributed by atoms with Gasteiger partial charge in [0.1, 0.15) is 0 Å². The molecule has 0 saturated carbocycles. The van der Waals surface area contributed by atoms with Gasteiger partial charge >= 0.3 is 0 Å². The normalized spacial score (nSPS) is 15.6. The molecule has 3 aromatic carbocycles. The van der Waals surface area contributed by atoms with Gasteiger partial charge in [-0.25, -0.2) is 13.1 Å². The maximum absolute atomic E-state index is 13.2. The lowest BCUT2D eigenvalue weighted by molar-refractivity contribution is 0.143. The minimum Gasteiger partial charge on any atom is -0.282 e. The molecular weight excluding hydrogens is 448 g/mol. The first-order valence-electron chi connectivity index (χ1n) is 11.3. The Labute approximate surface area is 198 Å². The number of nitrogens with zero attached hydrogens (tertiary/aromatic N) is 4. The molecule has 0 atom stereocenters. The van der Waals surface area contributed by atoms with Gasteiger partial charge in [0.15, 0.2) is 0 Å². The Morgan fingerprint density at radius 1 is 0.794 bits per heavy atom. The topological polar surface area (TPSA) is 75.5 Å². The van der Waals surface area contributed by atoms with Gasteiger partial charge in [-0.1, -0.05) is 66.2 Å². The van der Waals surface area contributed by atoms with E-state index in [4.69, 9.17) is 5.10 Å². The number of hydrogen-bond donors (Lipinski definition) is 0. The molecular formula is C26H26N4O3S. The number of aromatic nitrogens is 2. The van der Waals surface area contributed by atoms with Crippen LogP contribution in [0.2, 0.25) is 0 Å². The molecule has 0 bridgehead atoms. The third kappa shape index (κ3) is 4.27. The van der Waals surface area contributed by atoms with E-state index < -0.39 is 10.0 Å². The van der Waals surface area contributed by atoms with Crippen molar-refractivity contribution < 1.29 is 8.42 Å². The van der Waals surface area contributed by atoms with Gasteiger partial charge in [-0.15, -0.1) is 0 Å². The molecule has 2 heterocycles. The fraction of sp³-hybridized carbons (Fsp3) is 0.231. The molecule has 0 unspecified atom stereocenters. The second-order valence-corrected chi connectivity index (χ2v) is 10.5. The Hall–Kier alpha value is -3.33. The van der Waals surface area contributed by atoms with Crippen molar-refractivity contribution in [1.82, 2.24) is 19.0 Å². The summed E-state index contributed by atoms with van der Waals surface area (Å²) in [5, 5.41) is 6.19. The van der Waals surface area contributed by atoms with E-state index in [0.29, 0.717) is 43.1 Å². The van der Waals surface area contributed by atoms with Gasteiger partial charge in [-0.05, 0) is 25.1 Å². The van der Waals surface area contributed by atoms with E-state index in [-0.39, 0.29) is 5.56 Å². The predicted molar refractivity (Wildman–Crippen MR) is 133 cm³/mol. The van der Waals surface area contributed by atoms with Crippen LogP contribution in [0.25, 0.3) is 22.0 Å². The van der Waals surface area contributed by atoms with Crippen LogP contribution in [0.4, 0.5) is 0 Å². The van der Waals surface area contributed by atoms with Crippen molar-refractivity contribution in [1.29, 1.82) is 0 Å². The van der Waals surface area contributed by atoms with Crippen LogP contribution in [0.5, 0.6) is 0 Å². The summed E-state index contributed by atoms with van der Waals surface area (Å²) in [4.78, 5) is 15.6. The Balaban J connectivity index is 1.40. The number of fused-ring (bicyclic) bond motifs is 1. The molecule has 5 rings (SSSR count). The Bertz CT molecular complexity index is 1470. The first kappa shape index (κ1) is 22.5. The van der Waals surface area contributed by atoms with Crippen molar-refractivity contribution in [2.45, 2.75) is 18.5 Å². The number of aryl methyl sites for hydroxylation is 1. The van der Waals surface area contributed by atoms with E-state index in [1.54, 1.807) is 30.3 Å². The van der Waals surface area contributed by atoms with E-state index in [2.05, 4.69) is 4.90 Å². The third-order valence-electron chi connectivity index (χ3n) is 6.24. The highest BCUT2D eigenvalue weighted by molar-refractivity contribution is 7.89. The van der Waals surface area contributed by atoms with Gasteiger partial charge in [-0.3, -0.25) is 9.69 Å². The summed E-state index contributed by atoms with van der Waals surface area (Å²) in [7, 11) is -3.52. The number of benzene rings is 3. The zero-order valence-electron chi connectivity index (χ0n) is 19.0. The molecule has 0 spiro atoms. The second kappa shape index (κ2) is 9.13. The number of rotatable bonds is 5. The molecule has 0 radical (unpaired) electrons. The van der Waals surface area contributed by atoms with Crippen LogP contribution in [0, 0.1) is 6.92 Å². The van der Waals surface area contributed by atoms with Crippen LogP contribution in [-0.2, 0) is 16.7 Å². The monoisotopic (exact) mass is 474 g/mol. The first-order chi connectivity index (χ1) is 16.4. The van der Waals surface area contributed by atoms with Gasteiger partial charge in [0.25, 0.3) is 5.56 Å². The molecule has 7 nitrogen and oxygen atoms in total. The van der Waals surface area contributed by atoms with E-state index in [1.165, 1.54) is 8.99 Å². The summed E-state index contributed by atoms with van der Waals surface area (Å²) < 4.78 is 28.8. The summed E-state index contributed by atoms with van der Waals surface area (Å²) in [6.45, 7) is 4.12. The molecule has 1 fully saturated rings. The fourth-order valence-corrected chi connectivity index (χ4v) is 5.74. The van der Waals surface area contributed by atoms with Gasteiger partial charge in [0, 0.05) is 37.1 Å². The average molecular weight is 475 g/mol. The Morgan fingerprint density at radius 2 is 1.41 bits per heavy atom. The molecule has 1 aliphatic heterocycles. The Morgan fingerprint density at radius 3 is 2.09 bits per heavy atom. The van der Waals surface area contributed by atoms with Gasteiger partial charge in [0.2, 0.25) is 10.0 Å². The lowest BCUT2D eigenvalue weighted by Crippen LogP contribution is -2.49. The largest absolute Gasteiger partial charge is 0.282 e. The first-order valence-corrected chi connectivity index (χ1v) is 12.7. The van der Waals surface area contributed by atoms with Crippen molar-refractivity contribution in [3.05, 3.63) is 94.8 Å². The van der Waals surface area contributed by atoms with Crippen LogP contribution in [0.3, 0.4) is 0 Å². The minimum absolute atomic E-state index is 0.147. The van der Waals surface area contributed by atoms with E-state index in [0.717, 1.165) is 22.2 Å². The summed E-state index contributed by atoms with van der Waals surface area (Å²) in [5.74, 6) is 0. The molecule has 4 aromatic rings. The highest BCUT2D eigenvalue weighted by Gasteiger charge is 2.28. The van der Waals surface area contributed by atoms with Crippen molar-refractivity contribution in [3.8, 4) is 11.3 Å². The minimum atomic E-state index is -3.52. The quantitative estimate of drug-likeness (QED) is 0.444. The van der Waals surface area contributed by atoms with Gasteiger partial charge in [0.05, 0.1) is 22.6 Å². The zero-order chi connectivity index (χ0) is 23.7. The van der Waals surface area contributed by atoms with Gasteiger partial charge < -0.3 is 0 Å². The van der Waals surface area contributed by atoms with Gasteiger partial charge in [-0.2, -0.15) is 9.40 Å². The van der Waals surface area contributed by atoms with E-state index in [1.807, 2.05) is 55.5 Å². The van der Waals surface area contributed by atoms with Crippen LogP contribution in [0.1, 0.15) is 5.56 Å². The third-order valence-corrected chi connectivity index (χ3v) is 8.15. The molecule has 1 aliphatic rings. The van der Waals surface area contributed by atoms with Crippen molar-refractivity contribution in [3.63, 3.8) is 0 Å². The predicted octanol–water partition coefficient (Wildman–Crippen LogP) is 3.34. The van der Waals surface area contributed by atoms with Crippen LogP contribution in [0.15, 0.2) is 88.6 Å². The molecule has 0 amide bonds. The van der Waals surface area contributed by atoms with Crippen LogP contribution < -0.4 is 5.56 Å². The molecule has 0 aliphatic carbocycles. The molecule has 0 N–H and O–H groups in total. The molecule has 34 heavy (non-hydrogen) atoms. The van der Waals surface area contributed by atoms with E-state index >= 15 is 0 Å².